The van der Waals surface area contributed by atoms with E-state index in [1.807, 2.05) is 11.8 Å². The van der Waals surface area contributed by atoms with E-state index in [-0.39, 0.29) is 31.0 Å². The van der Waals surface area contributed by atoms with Crippen molar-refractivity contribution >= 4 is 41.5 Å². The molecule has 1 heterocycles. The molecule has 2 N–H and O–H groups in total. The summed E-state index contributed by atoms with van der Waals surface area (Å²) in [4.78, 5) is 14.0. The van der Waals surface area contributed by atoms with Crippen molar-refractivity contribution in [2.75, 3.05) is 19.7 Å². The number of halogens is 3. The molecule has 0 aromatic heterocycles. The van der Waals surface area contributed by atoms with E-state index in [1.165, 1.54) is 0 Å². The number of likely N-dealkylation sites (tertiary alicyclic amines) is 1. The van der Waals surface area contributed by atoms with Gasteiger partial charge in [-0.3, -0.25) is 4.79 Å². The molecule has 1 aromatic carbocycles. The van der Waals surface area contributed by atoms with Gasteiger partial charge in [0.2, 0.25) is 0 Å². The molecule has 1 fully saturated rings. The largest absolute Gasteiger partial charge is 0.482 e. The van der Waals surface area contributed by atoms with E-state index in [1.54, 1.807) is 18.2 Å². The van der Waals surface area contributed by atoms with Crippen molar-refractivity contribution in [1.82, 2.24) is 4.90 Å². The molecule has 1 amide bonds. The Kier molecular flexibility index (Phi) is 7.77. The Balaban J connectivity index is 0.00000242. The van der Waals surface area contributed by atoms with E-state index in [0.29, 0.717) is 28.3 Å². The average Bonchev–Trinajstić information content (AvgIpc) is 2.46. The summed E-state index contributed by atoms with van der Waals surface area (Å²) in [7, 11) is 0. The fourth-order valence-corrected chi connectivity index (χ4v) is 2.95. The van der Waals surface area contributed by atoms with Crippen molar-refractivity contribution in [2.45, 2.75) is 25.8 Å². The molecule has 1 aliphatic rings. The van der Waals surface area contributed by atoms with Gasteiger partial charge in [-0.2, -0.15) is 0 Å². The molecule has 0 spiro atoms. The average molecular weight is 368 g/mol. The number of nitrogens with zero attached hydrogens (tertiary/aromatic N) is 1. The van der Waals surface area contributed by atoms with Gasteiger partial charge in [0, 0.05) is 24.2 Å². The fourth-order valence-electron chi connectivity index (χ4n) is 2.49. The number of hydrogen-bond donors (Lipinski definition) is 1. The van der Waals surface area contributed by atoms with Crippen LogP contribution < -0.4 is 10.5 Å². The molecule has 0 saturated carbocycles. The van der Waals surface area contributed by atoms with Gasteiger partial charge in [0.05, 0.1) is 5.02 Å². The highest BCUT2D eigenvalue weighted by atomic mass is 35.5. The minimum atomic E-state index is -0.0358. The van der Waals surface area contributed by atoms with Gasteiger partial charge in [-0.25, -0.2) is 0 Å². The lowest BCUT2D eigenvalue weighted by Crippen LogP contribution is -2.46. The Hall–Kier alpha value is -0.680. The lowest BCUT2D eigenvalue weighted by atomic mass is 9.92. The van der Waals surface area contributed by atoms with E-state index >= 15 is 0 Å². The minimum Gasteiger partial charge on any atom is -0.482 e. The zero-order valence-electron chi connectivity index (χ0n) is 12.4. The summed E-state index contributed by atoms with van der Waals surface area (Å²) in [5.41, 5.74) is 5.93. The number of rotatable bonds is 4. The van der Waals surface area contributed by atoms with Crippen LogP contribution in [0, 0.1) is 5.92 Å². The Morgan fingerprint density at radius 2 is 2.23 bits per heavy atom. The first-order chi connectivity index (χ1) is 9.97. The maximum atomic E-state index is 12.2. The van der Waals surface area contributed by atoms with Gasteiger partial charge >= 0.3 is 0 Å². The first-order valence-electron chi connectivity index (χ1n) is 7.08. The van der Waals surface area contributed by atoms with Crippen LogP contribution in [0.2, 0.25) is 10.0 Å². The molecule has 1 aromatic rings. The zero-order valence-corrected chi connectivity index (χ0v) is 14.8. The number of piperidine rings is 1. The van der Waals surface area contributed by atoms with Crippen LogP contribution in [0.3, 0.4) is 0 Å². The first-order valence-corrected chi connectivity index (χ1v) is 7.84. The van der Waals surface area contributed by atoms with Gasteiger partial charge in [0.1, 0.15) is 5.75 Å². The zero-order chi connectivity index (χ0) is 15.4. The van der Waals surface area contributed by atoms with Crippen molar-refractivity contribution in [3.63, 3.8) is 0 Å². The molecule has 2 unspecified atom stereocenters. The second-order valence-electron chi connectivity index (χ2n) is 5.46. The number of hydrogen-bond acceptors (Lipinski definition) is 3. The topological polar surface area (TPSA) is 55.6 Å². The van der Waals surface area contributed by atoms with Crippen LogP contribution in [0.4, 0.5) is 0 Å². The summed E-state index contributed by atoms with van der Waals surface area (Å²) in [6, 6.07) is 5.04. The normalized spacial score (nSPS) is 19.3. The Bertz CT molecular complexity index is 512. The van der Waals surface area contributed by atoms with Crippen molar-refractivity contribution in [2.24, 2.45) is 11.7 Å². The number of ether oxygens (including phenoxy) is 1. The van der Waals surface area contributed by atoms with Gasteiger partial charge < -0.3 is 15.4 Å². The molecule has 2 rings (SSSR count). The van der Waals surface area contributed by atoms with Crippen LogP contribution in [0.15, 0.2) is 18.2 Å². The standard InChI is InChI=1S/C15H20Cl2N2O2.ClH/c1-10(18)11-3-2-6-19(8-11)15(20)9-21-14-5-4-12(16)7-13(14)17;/h4-5,7,10-11H,2-3,6,8-9,18H2,1H3;1H. The third-order valence-corrected chi connectivity index (χ3v) is 4.33. The molecule has 4 nitrogen and oxygen atoms in total. The van der Waals surface area contributed by atoms with Crippen molar-refractivity contribution < 1.29 is 9.53 Å². The second-order valence-corrected chi connectivity index (χ2v) is 6.31. The minimum absolute atomic E-state index is 0. The molecule has 124 valence electrons. The van der Waals surface area contributed by atoms with Crippen molar-refractivity contribution in [1.29, 1.82) is 0 Å². The lowest BCUT2D eigenvalue weighted by molar-refractivity contribution is -0.135. The number of nitrogens with two attached hydrogens (primary N) is 1. The molecular weight excluding hydrogens is 347 g/mol. The molecule has 2 atom stereocenters. The van der Waals surface area contributed by atoms with E-state index in [0.717, 1.165) is 19.4 Å². The van der Waals surface area contributed by atoms with Gasteiger partial charge in [-0.05, 0) is 43.9 Å². The van der Waals surface area contributed by atoms with Crippen molar-refractivity contribution in [3.8, 4) is 5.75 Å². The molecule has 0 aliphatic carbocycles. The number of amides is 1. The van der Waals surface area contributed by atoms with Crippen LogP contribution in [-0.4, -0.2) is 36.5 Å². The maximum absolute atomic E-state index is 12.2. The van der Waals surface area contributed by atoms with E-state index < -0.39 is 0 Å². The Morgan fingerprint density at radius 3 is 2.86 bits per heavy atom. The highest BCUT2D eigenvalue weighted by molar-refractivity contribution is 6.35. The van der Waals surface area contributed by atoms with Crippen LogP contribution in [-0.2, 0) is 4.79 Å². The molecule has 22 heavy (non-hydrogen) atoms. The molecule has 7 heteroatoms. The highest BCUT2D eigenvalue weighted by Gasteiger charge is 2.26. The van der Waals surface area contributed by atoms with Gasteiger partial charge in [-0.1, -0.05) is 23.2 Å². The van der Waals surface area contributed by atoms with E-state index in [2.05, 4.69) is 0 Å². The highest BCUT2D eigenvalue weighted by Crippen LogP contribution is 2.27. The Labute approximate surface area is 147 Å². The van der Waals surface area contributed by atoms with Gasteiger partial charge in [0.15, 0.2) is 6.61 Å². The molecular formula is C15H21Cl3N2O2. The van der Waals surface area contributed by atoms with Crippen LogP contribution in [0.1, 0.15) is 19.8 Å². The summed E-state index contributed by atoms with van der Waals surface area (Å²) in [6.45, 7) is 3.43. The first kappa shape index (κ1) is 19.4. The summed E-state index contributed by atoms with van der Waals surface area (Å²) in [5, 5.41) is 0.942. The number of benzene rings is 1. The third kappa shape index (κ3) is 5.20. The SMILES string of the molecule is CC(N)C1CCCN(C(=O)COc2ccc(Cl)cc2Cl)C1.Cl. The van der Waals surface area contributed by atoms with Crippen molar-refractivity contribution in [3.05, 3.63) is 28.2 Å². The fraction of sp³-hybridized carbons (Fsp3) is 0.533. The Morgan fingerprint density at radius 1 is 1.50 bits per heavy atom. The monoisotopic (exact) mass is 366 g/mol. The molecule has 1 aliphatic heterocycles. The smallest absolute Gasteiger partial charge is 0.260 e. The second kappa shape index (κ2) is 8.82. The van der Waals surface area contributed by atoms with Crippen LogP contribution in [0.25, 0.3) is 0 Å². The lowest BCUT2D eigenvalue weighted by Gasteiger charge is -2.34. The summed E-state index contributed by atoms with van der Waals surface area (Å²) in [5.74, 6) is 0.795. The third-order valence-electron chi connectivity index (χ3n) is 3.80. The van der Waals surface area contributed by atoms with E-state index in [4.69, 9.17) is 33.7 Å². The quantitative estimate of drug-likeness (QED) is 0.887. The predicted molar refractivity (Wildman–Crippen MR) is 92.2 cm³/mol. The van der Waals surface area contributed by atoms with Gasteiger partial charge in [0.25, 0.3) is 5.91 Å². The molecule has 0 bridgehead atoms. The summed E-state index contributed by atoms with van der Waals surface area (Å²) in [6.07, 6.45) is 2.06. The maximum Gasteiger partial charge on any atom is 0.260 e. The van der Waals surface area contributed by atoms with Crippen LogP contribution >= 0.6 is 35.6 Å². The van der Waals surface area contributed by atoms with Gasteiger partial charge in [-0.15, -0.1) is 12.4 Å². The predicted octanol–water partition coefficient (Wildman–Crippen LogP) is 3.38. The summed E-state index contributed by atoms with van der Waals surface area (Å²) >= 11 is 11.8. The number of carbonyl (C=O) groups is 1. The van der Waals surface area contributed by atoms with E-state index in [9.17, 15) is 4.79 Å². The van der Waals surface area contributed by atoms with Crippen LogP contribution in [0.5, 0.6) is 5.75 Å². The number of carbonyl (C=O) groups excluding carboxylic acids is 1. The molecule has 0 radical (unpaired) electrons. The molecule has 1 saturated heterocycles. The summed E-state index contributed by atoms with van der Waals surface area (Å²) < 4.78 is 5.49.